The third-order valence-corrected chi connectivity index (χ3v) is 2.85. The fourth-order valence-electron chi connectivity index (χ4n) is 2.20. The predicted octanol–water partition coefficient (Wildman–Crippen LogP) is 1.61. The molecule has 3 nitrogen and oxygen atoms in total. The smallest absolute Gasteiger partial charge is 0.407 e. The van der Waals surface area contributed by atoms with Crippen LogP contribution in [0.1, 0.15) is 0 Å². The number of fused-ring (bicyclic) bond motifs is 3. The van der Waals surface area contributed by atoms with E-state index in [9.17, 15) is 10.0 Å². The fraction of sp³-hybridized carbons (Fsp3) is 0. The number of aromatic nitrogens is 1. The summed E-state index contributed by atoms with van der Waals surface area (Å²) in [6.45, 7) is 0. The maximum absolute atomic E-state index is 9.43. The van der Waals surface area contributed by atoms with Crippen LogP contribution in [-0.2, 0) is 0 Å². The van der Waals surface area contributed by atoms with Crippen molar-refractivity contribution in [2.75, 3.05) is 0 Å². The summed E-state index contributed by atoms with van der Waals surface area (Å²) >= 11 is 0. The van der Waals surface area contributed by atoms with Crippen molar-refractivity contribution in [3.63, 3.8) is 0 Å². The van der Waals surface area contributed by atoms with Crippen LogP contribution in [0.4, 0.5) is 0 Å². The second kappa shape index (κ2) is 3.37. The van der Waals surface area contributed by atoms with Crippen molar-refractivity contribution in [2.45, 2.75) is 0 Å². The number of rotatable bonds is 1. The van der Waals surface area contributed by atoms with Crippen molar-refractivity contribution in [1.29, 1.82) is 0 Å². The van der Waals surface area contributed by atoms with Crippen LogP contribution in [0, 0.1) is 0 Å². The minimum atomic E-state index is -1.51. The van der Waals surface area contributed by atoms with Gasteiger partial charge in [-0.2, -0.15) is 0 Å². The lowest BCUT2D eigenvalue weighted by Crippen LogP contribution is -2.23. The molecule has 2 aromatic carbocycles. The molecule has 0 bridgehead atoms. The van der Waals surface area contributed by atoms with Gasteiger partial charge in [-0.1, -0.05) is 36.4 Å². The molecule has 2 N–H and O–H groups in total. The molecule has 0 spiro atoms. The van der Waals surface area contributed by atoms with Gasteiger partial charge in [0, 0.05) is 21.8 Å². The molecule has 4 heteroatoms. The number of nitrogens with zero attached hydrogens (tertiary/aromatic N) is 1. The highest BCUT2D eigenvalue weighted by molar-refractivity contribution is 6.43. The van der Waals surface area contributed by atoms with Gasteiger partial charge in [-0.05, 0) is 12.1 Å². The first-order valence-corrected chi connectivity index (χ1v) is 5.13. The topological polar surface area (TPSA) is 45.4 Å². The highest BCUT2D eigenvalue weighted by atomic mass is 16.4. The third-order valence-electron chi connectivity index (χ3n) is 2.85. The van der Waals surface area contributed by atoms with E-state index in [1.807, 2.05) is 48.5 Å². The normalized spacial score (nSPS) is 11.1. The molecule has 0 saturated heterocycles. The Balaban J connectivity index is 2.59. The second-order valence-electron chi connectivity index (χ2n) is 3.75. The minimum absolute atomic E-state index is 0.832. The van der Waals surface area contributed by atoms with E-state index < -0.39 is 7.25 Å². The summed E-state index contributed by atoms with van der Waals surface area (Å²) in [5.74, 6) is 0. The van der Waals surface area contributed by atoms with Crippen LogP contribution >= 0.6 is 0 Å². The number of benzene rings is 2. The molecule has 0 atom stereocenters. The van der Waals surface area contributed by atoms with Crippen LogP contribution in [0.15, 0.2) is 48.5 Å². The van der Waals surface area contributed by atoms with E-state index in [0.717, 1.165) is 21.8 Å². The molecule has 0 amide bonds. The molecule has 3 aromatic rings. The SMILES string of the molecule is OB(O)n1c2ccccc2c2ccccc21. The third kappa shape index (κ3) is 1.17. The van der Waals surface area contributed by atoms with Gasteiger partial charge in [0.1, 0.15) is 0 Å². The van der Waals surface area contributed by atoms with Crippen LogP contribution in [-0.4, -0.2) is 21.8 Å². The van der Waals surface area contributed by atoms with Crippen LogP contribution in [0.2, 0.25) is 0 Å². The van der Waals surface area contributed by atoms with Crippen molar-refractivity contribution in [2.24, 2.45) is 0 Å². The average Bonchev–Trinajstić information content (AvgIpc) is 2.63. The summed E-state index contributed by atoms with van der Waals surface area (Å²) < 4.78 is 1.52. The van der Waals surface area contributed by atoms with Crippen LogP contribution in [0.5, 0.6) is 0 Å². The summed E-state index contributed by atoms with van der Waals surface area (Å²) in [6, 6.07) is 15.4. The lowest BCUT2D eigenvalue weighted by atomic mass is 10.1. The molecular weight excluding hydrogens is 201 g/mol. The van der Waals surface area contributed by atoms with Gasteiger partial charge in [-0.25, -0.2) is 0 Å². The largest absolute Gasteiger partial charge is 0.592 e. The van der Waals surface area contributed by atoms with Gasteiger partial charge in [-0.15, -0.1) is 0 Å². The molecule has 0 aliphatic heterocycles. The lowest BCUT2D eigenvalue weighted by molar-refractivity contribution is 0.396. The lowest BCUT2D eigenvalue weighted by Gasteiger charge is -2.03. The van der Waals surface area contributed by atoms with Crippen molar-refractivity contribution in [3.8, 4) is 0 Å². The van der Waals surface area contributed by atoms with Crippen LogP contribution in [0.25, 0.3) is 21.8 Å². The fourth-order valence-corrected chi connectivity index (χ4v) is 2.20. The van der Waals surface area contributed by atoms with Gasteiger partial charge in [-0.3, -0.25) is 0 Å². The number of hydrogen-bond acceptors (Lipinski definition) is 2. The molecule has 0 unspecified atom stereocenters. The number of hydrogen-bond donors (Lipinski definition) is 2. The summed E-state index contributed by atoms with van der Waals surface area (Å²) in [6.07, 6.45) is 0. The summed E-state index contributed by atoms with van der Waals surface area (Å²) in [5.41, 5.74) is 1.66. The van der Waals surface area contributed by atoms with Gasteiger partial charge in [0.05, 0.1) is 0 Å². The summed E-state index contributed by atoms with van der Waals surface area (Å²) in [7, 11) is -1.51. The quantitative estimate of drug-likeness (QED) is 0.600. The van der Waals surface area contributed by atoms with E-state index in [-0.39, 0.29) is 0 Å². The molecule has 3 rings (SSSR count). The summed E-state index contributed by atoms with van der Waals surface area (Å²) in [5, 5.41) is 20.9. The Morgan fingerprint density at radius 1 is 0.750 bits per heavy atom. The van der Waals surface area contributed by atoms with Gasteiger partial charge in [0.2, 0.25) is 0 Å². The van der Waals surface area contributed by atoms with Crippen molar-refractivity contribution in [1.82, 2.24) is 4.48 Å². The Labute approximate surface area is 92.7 Å². The minimum Gasteiger partial charge on any atom is -0.407 e. The van der Waals surface area contributed by atoms with E-state index in [1.165, 1.54) is 4.48 Å². The Morgan fingerprint density at radius 2 is 1.19 bits per heavy atom. The van der Waals surface area contributed by atoms with E-state index in [2.05, 4.69) is 0 Å². The monoisotopic (exact) mass is 211 g/mol. The van der Waals surface area contributed by atoms with E-state index in [0.29, 0.717) is 0 Å². The second-order valence-corrected chi connectivity index (χ2v) is 3.75. The standard InChI is InChI=1S/C12H10BNO2/c15-13(16)14-11-7-3-1-5-9(11)10-6-2-4-8-12(10)14/h1-8,15-16H. The highest BCUT2D eigenvalue weighted by Crippen LogP contribution is 2.28. The zero-order chi connectivity index (χ0) is 11.1. The molecule has 1 aromatic heterocycles. The molecule has 0 saturated carbocycles. The molecule has 78 valence electrons. The summed E-state index contributed by atoms with van der Waals surface area (Å²) in [4.78, 5) is 0. The van der Waals surface area contributed by atoms with Crippen LogP contribution in [0.3, 0.4) is 0 Å². The maximum atomic E-state index is 9.43. The van der Waals surface area contributed by atoms with Gasteiger partial charge >= 0.3 is 7.25 Å². The van der Waals surface area contributed by atoms with Crippen LogP contribution < -0.4 is 0 Å². The zero-order valence-corrected chi connectivity index (χ0v) is 8.54. The molecule has 16 heavy (non-hydrogen) atoms. The predicted molar refractivity (Wildman–Crippen MR) is 65.0 cm³/mol. The van der Waals surface area contributed by atoms with Gasteiger partial charge in [0.25, 0.3) is 0 Å². The molecule has 0 aliphatic carbocycles. The molecule has 0 radical (unpaired) electrons. The van der Waals surface area contributed by atoms with Gasteiger partial charge in [0.15, 0.2) is 0 Å². The Bertz CT molecular complexity index is 607. The zero-order valence-electron chi connectivity index (χ0n) is 8.54. The van der Waals surface area contributed by atoms with Crippen molar-refractivity contribution in [3.05, 3.63) is 48.5 Å². The Kier molecular flexibility index (Phi) is 1.99. The first kappa shape index (κ1) is 9.45. The van der Waals surface area contributed by atoms with Gasteiger partial charge < -0.3 is 14.5 Å². The van der Waals surface area contributed by atoms with Crippen molar-refractivity contribution < 1.29 is 10.0 Å². The maximum Gasteiger partial charge on any atom is 0.592 e. The molecular formula is C12H10BNO2. The first-order valence-electron chi connectivity index (χ1n) is 5.13. The first-order chi connectivity index (χ1) is 7.79. The molecule has 1 heterocycles. The highest BCUT2D eigenvalue weighted by Gasteiger charge is 2.18. The average molecular weight is 211 g/mol. The number of para-hydroxylation sites is 2. The molecule has 0 fully saturated rings. The van der Waals surface area contributed by atoms with E-state index in [4.69, 9.17) is 0 Å². The Hall–Kier alpha value is -1.78. The molecule has 0 aliphatic rings. The van der Waals surface area contributed by atoms with Crippen molar-refractivity contribution >= 4 is 29.1 Å². The van der Waals surface area contributed by atoms with E-state index in [1.54, 1.807) is 0 Å². The van der Waals surface area contributed by atoms with E-state index >= 15 is 0 Å². The Morgan fingerprint density at radius 3 is 1.62 bits per heavy atom.